The van der Waals surface area contributed by atoms with Gasteiger partial charge in [0.25, 0.3) is 5.91 Å². The van der Waals surface area contributed by atoms with E-state index in [2.05, 4.69) is 0 Å². The van der Waals surface area contributed by atoms with Crippen LogP contribution in [0.5, 0.6) is 0 Å². The van der Waals surface area contributed by atoms with Gasteiger partial charge in [0.1, 0.15) is 10.9 Å². The lowest BCUT2D eigenvalue weighted by atomic mass is 10.2. The minimum atomic E-state index is -4.34. The van der Waals surface area contributed by atoms with Crippen LogP contribution in [0.25, 0.3) is 0 Å². The number of rotatable bonds is 8. The van der Waals surface area contributed by atoms with Crippen LogP contribution in [-0.2, 0) is 29.1 Å². The molecule has 2 unspecified atom stereocenters. The quantitative estimate of drug-likeness (QED) is 0.361. The molecule has 0 radical (unpaired) electrons. The summed E-state index contributed by atoms with van der Waals surface area (Å²) in [7, 11) is -4.34. The van der Waals surface area contributed by atoms with Gasteiger partial charge in [-0.05, 0) is 62.2 Å². The molecule has 0 N–H and O–H groups in total. The fraction of sp³-hybridized carbons (Fsp3) is 0.375. The van der Waals surface area contributed by atoms with Crippen molar-refractivity contribution in [2.24, 2.45) is 0 Å². The third kappa shape index (κ3) is 5.28. The van der Waals surface area contributed by atoms with Crippen molar-refractivity contribution in [1.82, 2.24) is 4.31 Å². The van der Waals surface area contributed by atoms with Crippen LogP contribution in [0, 0.1) is 0 Å². The predicted octanol–water partition coefficient (Wildman–Crippen LogP) is 3.67. The molecule has 0 saturated carbocycles. The van der Waals surface area contributed by atoms with E-state index in [1.54, 1.807) is 6.92 Å². The van der Waals surface area contributed by atoms with Crippen molar-refractivity contribution in [2.45, 2.75) is 43.2 Å². The fourth-order valence-electron chi connectivity index (χ4n) is 4.26. The van der Waals surface area contributed by atoms with Gasteiger partial charge in [0.15, 0.2) is 0 Å². The molecule has 2 aliphatic heterocycles. The molecule has 0 spiro atoms. The van der Waals surface area contributed by atoms with Gasteiger partial charge in [-0.2, -0.15) is 4.31 Å². The number of anilines is 1. The highest BCUT2D eigenvalue weighted by molar-refractivity contribution is 7.89. The smallest absolute Gasteiger partial charge is 0.338 e. The van der Waals surface area contributed by atoms with Crippen molar-refractivity contribution < 1.29 is 32.3 Å². The Kier molecular flexibility index (Phi) is 8.01. The molecule has 36 heavy (non-hydrogen) atoms. The van der Waals surface area contributed by atoms with Gasteiger partial charge < -0.3 is 9.47 Å². The minimum absolute atomic E-state index is 0.0556. The predicted molar refractivity (Wildman–Crippen MR) is 133 cm³/mol. The molecule has 9 nitrogen and oxygen atoms in total. The van der Waals surface area contributed by atoms with Crippen LogP contribution in [0.15, 0.2) is 47.4 Å². The number of ether oxygens (including phenoxy) is 2. The standard InChI is InChI=1S/C24H24Cl2N2O7S/c1-2-34-24(31)15-5-8-17(9-6-15)28-22(29)13-20(23(28)30)27(14-18-4-3-11-35-18)36(32,33)21-12-16(25)7-10-19(21)26/h5-10,12,18,20H,2-4,11,13-14H2,1H3. The summed E-state index contributed by atoms with van der Waals surface area (Å²) >= 11 is 12.2. The minimum Gasteiger partial charge on any atom is -0.462 e. The maximum atomic E-state index is 13.8. The first-order valence-corrected chi connectivity index (χ1v) is 13.6. The first-order chi connectivity index (χ1) is 17.1. The Balaban J connectivity index is 1.67. The van der Waals surface area contributed by atoms with Gasteiger partial charge in [-0.25, -0.2) is 18.1 Å². The summed E-state index contributed by atoms with van der Waals surface area (Å²) in [5.41, 5.74) is 0.477. The van der Waals surface area contributed by atoms with Gasteiger partial charge in [-0.1, -0.05) is 23.2 Å². The van der Waals surface area contributed by atoms with Crippen molar-refractivity contribution in [3.8, 4) is 0 Å². The maximum absolute atomic E-state index is 13.8. The molecule has 2 fully saturated rings. The zero-order chi connectivity index (χ0) is 26.0. The van der Waals surface area contributed by atoms with Gasteiger partial charge in [0.05, 0.1) is 35.4 Å². The summed E-state index contributed by atoms with van der Waals surface area (Å²) in [6, 6.07) is 8.50. The third-order valence-electron chi connectivity index (χ3n) is 5.99. The van der Waals surface area contributed by atoms with Gasteiger partial charge in [0.2, 0.25) is 15.9 Å². The number of esters is 1. The van der Waals surface area contributed by atoms with Gasteiger partial charge in [-0.3, -0.25) is 9.59 Å². The zero-order valence-corrected chi connectivity index (χ0v) is 21.7. The number of carbonyl (C=O) groups is 3. The van der Waals surface area contributed by atoms with E-state index in [9.17, 15) is 22.8 Å². The van der Waals surface area contributed by atoms with E-state index in [-0.39, 0.29) is 45.8 Å². The highest BCUT2D eigenvalue weighted by Gasteiger charge is 2.48. The van der Waals surface area contributed by atoms with Crippen LogP contribution in [0.2, 0.25) is 10.0 Å². The van der Waals surface area contributed by atoms with Crippen molar-refractivity contribution in [1.29, 1.82) is 0 Å². The average Bonchev–Trinajstić information content (AvgIpc) is 3.46. The Bertz CT molecular complexity index is 1280. The third-order valence-corrected chi connectivity index (χ3v) is 8.59. The first kappa shape index (κ1) is 26.6. The topological polar surface area (TPSA) is 110 Å². The van der Waals surface area contributed by atoms with Crippen LogP contribution in [0.3, 0.4) is 0 Å². The maximum Gasteiger partial charge on any atom is 0.338 e. The average molecular weight is 555 g/mol. The van der Waals surface area contributed by atoms with E-state index < -0.39 is 40.0 Å². The molecule has 2 amide bonds. The Labute approximate surface area is 218 Å². The van der Waals surface area contributed by atoms with E-state index in [0.29, 0.717) is 13.0 Å². The Morgan fingerprint density at radius 2 is 1.89 bits per heavy atom. The van der Waals surface area contributed by atoms with Crippen molar-refractivity contribution >= 4 is 56.7 Å². The van der Waals surface area contributed by atoms with Crippen LogP contribution < -0.4 is 4.90 Å². The fourth-order valence-corrected chi connectivity index (χ4v) is 6.61. The van der Waals surface area contributed by atoms with Crippen LogP contribution >= 0.6 is 23.2 Å². The molecule has 0 aliphatic carbocycles. The highest BCUT2D eigenvalue weighted by Crippen LogP contribution is 2.34. The normalized spacial score (nSPS) is 20.4. The van der Waals surface area contributed by atoms with Crippen LogP contribution in [0.1, 0.15) is 36.5 Å². The Morgan fingerprint density at radius 1 is 1.17 bits per heavy atom. The molecule has 2 heterocycles. The second kappa shape index (κ2) is 10.9. The molecule has 2 aromatic rings. The summed E-state index contributed by atoms with van der Waals surface area (Å²) in [4.78, 5) is 39.1. The largest absolute Gasteiger partial charge is 0.462 e. The summed E-state index contributed by atoms with van der Waals surface area (Å²) in [5, 5.41) is 0.104. The van der Waals surface area contributed by atoms with E-state index in [1.807, 2.05) is 0 Å². The number of sulfonamides is 1. The molecule has 4 rings (SSSR count). The van der Waals surface area contributed by atoms with Gasteiger partial charge in [-0.15, -0.1) is 0 Å². The first-order valence-electron chi connectivity index (χ1n) is 11.4. The van der Waals surface area contributed by atoms with E-state index in [4.69, 9.17) is 32.7 Å². The number of benzene rings is 2. The Hall–Kier alpha value is -2.50. The van der Waals surface area contributed by atoms with Crippen LogP contribution in [0.4, 0.5) is 5.69 Å². The number of nitrogens with zero attached hydrogens (tertiary/aromatic N) is 2. The number of imide groups is 1. The van der Waals surface area contributed by atoms with E-state index in [1.165, 1.54) is 42.5 Å². The summed E-state index contributed by atoms with van der Waals surface area (Å²) in [6.45, 7) is 2.25. The second-order valence-corrected chi connectivity index (χ2v) is 11.0. The van der Waals surface area contributed by atoms with Crippen molar-refractivity contribution in [3.63, 3.8) is 0 Å². The number of carbonyl (C=O) groups excluding carboxylic acids is 3. The lowest BCUT2D eigenvalue weighted by Crippen LogP contribution is -2.48. The molecule has 2 aliphatic rings. The van der Waals surface area contributed by atoms with Gasteiger partial charge in [0, 0.05) is 18.2 Å². The lowest BCUT2D eigenvalue weighted by molar-refractivity contribution is -0.122. The van der Waals surface area contributed by atoms with Crippen molar-refractivity contribution in [2.75, 3.05) is 24.7 Å². The summed E-state index contributed by atoms with van der Waals surface area (Å²) in [6.07, 6.45) is 0.581. The highest BCUT2D eigenvalue weighted by atomic mass is 35.5. The van der Waals surface area contributed by atoms with Gasteiger partial charge >= 0.3 is 5.97 Å². The summed E-state index contributed by atoms with van der Waals surface area (Å²) < 4.78 is 39.1. The molecule has 0 bridgehead atoms. The molecule has 12 heteroatoms. The summed E-state index contributed by atoms with van der Waals surface area (Å²) in [5.74, 6) is -1.81. The molecular weight excluding hydrogens is 531 g/mol. The zero-order valence-electron chi connectivity index (χ0n) is 19.4. The second-order valence-electron chi connectivity index (χ2n) is 8.34. The Morgan fingerprint density at radius 3 is 2.53 bits per heavy atom. The number of amides is 2. The molecule has 2 atom stereocenters. The lowest BCUT2D eigenvalue weighted by Gasteiger charge is -2.29. The van der Waals surface area contributed by atoms with Crippen LogP contribution in [-0.4, -0.2) is 62.4 Å². The van der Waals surface area contributed by atoms with E-state index in [0.717, 1.165) is 15.6 Å². The molecule has 2 aromatic carbocycles. The van der Waals surface area contributed by atoms with Crippen molar-refractivity contribution in [3.05, 3.63) is 58.1 Å². The SMILES string of the molecule is CCOC(=O)c1ccc(N2C(=O)CC(N(CC3CCCO3)S(=O)(=O)c3cc(Cl)ccc3Cl)C2=O)cc1. The monoisotopic (exact) mass is 554 g/mol. The number of halogens is 2. The molecule has 2 saturated heterocycles. The molecular formula is C24H24Cl2N2O7S. The molecule has 0 aromatic heterocycles. The molecule has 192 valence electrons. The number of hydrogen-bond acceptors (Lipinski definition) is 7. The number of hydrogen-bond donors (Lipinski definition) is 0. The van der Waals surface area contributed by atoms with E-state index >= 15 is 0 Å².